The van der Waals surface area contributed by atoms with E-state index in [-0.39, 0.29) is 24.1 Å². The van der Waals surface area contributed by atoms with E-state index in [0.29, 0.717) is 6.42 Å². The number of carbonyl (C=O) groups is 4. The first kappa shape index (κ1) is 24.6. The Bertz CT molecular complexity index is 1020. The summed E-state index contributed by atoms with van der Waals surface area (Å²) in [4.78, 5) is 52.3. The molecule has 0 radical (unpaired) electrons. The van der Waals surface area contributed by atoms with Crippen molar-refractivity contribution in [1.29, 1.82) is 0 Å². The average Bonchev–Trinajstić information content (AvgIpc) is 3.47. The van der Waals surface area contributed by atoms with Crippen LogP contribution in [0.25, 0.3) is 10.9 Å². The highest BCUT2D eigenvalue weighted by Crippen LogP contribution is 2.19. The van der Waals surface area contributed by atoms with Crippen LogP contribution in [0.2, 0.25) is 0 Å². The van der Waals surface area contributed by atoms with Crippen molar-refractivity contribution in [3.63, 3.8) is 0 Å². The first-order chi connectivity index (χ1) is 15.8. The van der Waals surface area contributed by atoms with Gasteiger partial charge in [0.2, 0.25) is 17.7 Å². The minimum absolute atomic E-state index is 0.0398. The predicted octanol–water partition coefficient (Wildman–Crippen LogP) is -0.0489. The van der Waals surface area contributed by atoms with Crippen LogP contribution in [0.5, 0.6) is 0 Å². The van der Waals surface area contributed by atoms with Gasteiger partial charge in [-0.3, -0.25) is 14.4 Å². The molecule has 1 aliphatic rings. The summed E-state index contributed by atoms with van der Waals surface area (Å²) < 4.78 is 0. The number of carboxylic acid groups (broad SMARTS) is 1. The van der Waals surface area contributed by atoms with Crippen molar-refractivity contribution in [1.82, 2.24) is 26.3 Å². The number of aromatic nitrogens is 1. The Morgan fingerprint density at radius 2 is 1.85 bits per heavy atom. The molecule has 0 saturated carbocycles. The minimum atomic E-state index is -1.19. The average molecular weight is 476 g/mol. The first-order valence-corrected chi connectivity index (χ1v) is 11.5. The van der Waals surface area contributed by atoms with Crippen LogP contribution >= 0.6 is 12.6 Å². The van der Waals surface area contributed by atoms with Gasteiger partial charge in [0.05, 0.1) is 6.04 Å². The third-order valence-corrected chi connectivity index (χ3v) is 6.02. The van der Waals surface area contributed by atoms with Crippen LogP contribution in [-0.4, -0.2) is 70.2 Å². The summed E-state index contributed by atoms with van der Waals surface area (Å²) in [5.41, 5.74) is 1.62. The van der Waals surface area contributed by atoms with Gasteiger partial charge in [-0.15, -0.1) is 0 Å². The number of rotatable bonds is 10. The number of nitrogens with one attached hydrogen (secondary N) is 5. The van der Waals surface area contributed by atoms with Crippen molar-refractivity contribution >= 4 is 47.2 Å². The monoisotopic (exact) mass is 475 g/mol. The summed E-state index contributed by atoms with van der Waals surface area (Å²) in [6, 6.07) is 4.02. The largest absolute Gasteiger partial charge is 0.480 e. The van der Waals surface area contributed by atoms with E-state index in [1.165, 1.54) is 6.92 Å². The maximum Gasteiger partial charge on any atom is 0.326 e. The summed E-state index contributed by atoms with van der Waals surface area (Å²) in [6.07, 6.45) is 3.38. The van der Waals surface area contributed by atoms with Gasteiger partial charge in [0.25, 0.3) is 0 Å². The zero-order valence-electron chi connectivity index (χ0n) is 18.3. The highest BCUT2D eigenvalue weighted by Gasteiger charge is 2.29. The second-order valence-corrected chi connectivity index (χ2v) is 8.45. The van der Waals surface area contributed by atoms with Crippen molar-refractivity contribution in [3.8, 4) is 0 Å². The topological polar surface area (TPSA) is 152 Å². The van der Waals surface area contributed by atoms with Crippen molar-refractivity contribution < 1.29 is 24.3 Å². The number of hydrogen-bond acceptors (Lipinski definition) is 6. The second-order valence-electron chi connectivity index (χ2n) is 8.09. The third kappa shape index (κ3) is 6.26. The van der Waals surface area contributed by atoms with E-state index < -0.39 is 35.9 Å². The lowest BCUT2D eigenvalue weighted by Crippen LogP contribution is -2.57. The van der Waals surface area contributed by atoms with Gasteiger partial charge in [0.1, 0.15) is 18.1 Å². The van der Waals surface area contributed by atoms with Crippen molar-refractivity contribution in [3.05, 3.63) is 36.0 Å². The number of hydrogen-bond donors (Lipinski definition) is 7. The van der Waals surface area contributed by atoms with Gasteiger partial charge in [-0.1, -0.05) is 18.2 Å². The summed E-state index contributed by atoms with van der Waals surface area (Å²) in [6.45, 7) is 2.27. The number of thiol groups is 1. The van der Waals surface area contributed by atoms with Crippen LogP contribution in [0.3, 0.4) is 0 Å². The van der Waals surface area contributed by atoms with Crippen molar-refractivity contribution in [2.24, 2.45) is 0 Å². The molecule has 1 fully saturated rings. The summed E-state index contributed by atoms with van der Waals surface area (Å²) in [5, 5.41) is 21.2. The molecule has 0 spiro atoms. The number of carbonyl (C=O) groups excluding carboxylic acids is 3. The number of fused-ring (bicyclic) bond motifs is 1. The maximum absolute atomic E-state index is 12.7. The Morgan fingerprint density at radius 1 is 1.12 bits per heavy atom. The number of benzene rings is 1. The van der Waals surface area contributed by atoms with E-state index in [2.05, 4.69) is 38.9 Å². The molecule has 2 heterocycles. The van der Waals surface area contributed by atoms with Gasteiger partial charge in [0, 0.05) is 29.3 Å². The molecule has 1 aromatic carbocycles. The first-order valence-electron chi connectivity index (χ1n) is 10.8. The standard InChI is InChI=1S/C22H29N5O5S/c1-12(25-20(29)16-7-4-8-23-16)19(28)27-18(11-33)21(30)26-17(22(31)32)9-13-10-24-15-6-3-2-5-14(13)15/h2-3,5-6,10,12,16-18,23-24,33H,4,7-9,11H2,1H3,(H,25,29)(H,26,30)(H,27,28)(H,31,32). The van der Waals surface area contributed by atoms with E-state index in [9.17, 15) is 24.3 Å². The van der Waals surface area contributed by atoms with Crippen LogP contribution in [-0.2, 0) is 25.6 Å². The highest BCUT2D eigenvalue weighted by molar-refractivity contribution is 7.80. The molecule has 33 heavy (non-hydrogen) atoms. The fourth-order valence-electron chi connectivity index (χ4n) is 3.77. The van der Waals surface area contributed by atoms with Crippen LogP contribution in [0.1, 0.15) is 25.3 Å². The number of carboxylic acids is 1. The molecule has 1 aromatic heterocycles. The number of amides is 3. The summed E-state index contributed by atoms with van der Waals surface area (Å²) in [5.74, 6) is -2.73. The third-order valence-electron chi connectivity index (χ3n) is 5.66. The Balaban J connectivity index is 1.58. The SMILES string of the molecule is CC(NC(=O)C1CCCN1)C(=O)NC(CS)C(=O)NC(Cc1c[nH]c2ccccc12)C(=O)O. The molecule has 3 amide bonds. The molecule has 178 valence electrons. The Labute approximate surface area is 196 Å². The van der Waals surface area contributed by atoms with Crippen LogP contribution < -0.4 is 21.3 Å². The number of aliphatic carboxylic acids is 1. The summed E-state index contributed by atoms with van der Waals surface area (Å²) >= 11 is 4.13. The number of aromatic amines is 1. The second kappa shape index (κ2) is 11.2. The van der Waals surface area contributed by atoms with Gasteiger partial charge in [0.15, 0.2) is 0 Å². The van der Waals surface area contributed by atoms with E-state index in [0.717, 1.165) is 29.4 Å². The fourth-order valence-corrected chi connectivity index (χ4v) is 4.03. The zero-order chi connectivity index (χ0) is 24.0. The summed E-state index contributed by atoms with van der Waals surface area (Å²) in [7, 11) is 0. The molecule has 0 aliphatic carbocycles. The smallest absolute Gasteiger partial charge is 0.326 e. The van der Waals surface area contributed by atoms with Crippen molar-refractivity contribution in [2.75, 3.05) is 12.3 Å². The van der Waals surface area contributed by atoms with E-state index in [1.807, 2.05) is 24.3 Å². The predicted molar refractivity (Wildman–Crippen MR) is 126 cm³/mol. The Hall–Kier alpha value is -3.05. The molecule has 1 saturated heterocycles. The van der Waals surface area contributed by atoms with Crippen LogP contribution in [0, 0.1) is 0 Å². The quantitative estimate of drug-likeness (QED) is 0.239. The molecule has 6 N–H and O–H groups in total. The van der Waals surface area contributed by atoms with Gasteiger partial charge < -0.3 is 31.4 Å². The molecule has 11 heteroatoms. The van der Waals surface area contributed by atoms with Crippen molar-refractivity contribution in [2.45, 2.75) is 50.4 Å². The molecular weight excluding hydrogens is 446 g/mol. The molecular formula is C22H29N5O5S. The minimum Gasteiger partial charge on any atom is -0.480 e. The lowest BCUT2D eigenvalue weighted by molar-refractivity contribution is -0.142. The van der Waals surface area contributed by atoms with Gasteiger partial charge in [-0.2, -0.15) is 12.6 Å². The Morgan fingerprint density at radius 3 is 2.52 bits per heavy atom. The van der Waals surface area contributed by atoms with Gasteiger partial charge >= 0.3 is 5.97 Å². The fraction of sp³-hybridized carbons (Fsp3) is 0.455. The van der Waals surface area contributed by atoms with E-state index >= 15 is 0 Å². The van der Waals surface area contributed by atoms with Gasteiger partial charge in [-0.25, -0.2) is 4.79 Å². The number of H-pyrrole nitrogens is 1. The van der Waals surface area contributed by atoms with E-state index in [4.69, 9.17) is 0 Å². The molecule has 4 atom stereocenters. The van der Waals surface area contributed by atoms with E-state index in [1.54, 1.807) is 6.20 Å². The normalized spacial score (nSPS) is 18.3. The highest BCUT2D eigenvalue weighted by atomic mass is 32.1. The Kier molecular flexibility index (Phi) is 8.34. The molecule has 10 nitrogen and oxygen atoms in total. The van der Waals surface area contributed by atoms with Gasteiger partial charge in [-0.05, 0) is 37.9 Å². The lowest BCUT2D eigenvalue weighted by Gasteiger charge is -2.22. The lowest BCUT2D eigenvalue weighted by atomic mass is 10.0. The molecule has 0 bridgehead atoms. The maximum atomic E-state index is 12.7. The van der Waals surface area contributed by atoms with Crippen LogP contribution in [0.15, 0.2) is 30.5 Å². The number of para-hydroxylation sites is 1. The molecule has 4 unspecified atom stereocenters. The molecule has 2 aromatic rings. The molecule has 1 aliphatic heterocycles. The van der Waals surface area contributed by atoms with Crippen LogP contribution in [0.4, 0.5) is 0 Å². The molecule has 3 rings (SSSR count). The zero-order valence-corrected chi connectivity index (χ0v) is 19.2.